The number of anilines is 1. The lowest BCUT2D eigenvalue weighted by Gasteiger charge is -2.34. The maximum absolute atomic E-state index is 12.2. The van der Waals surface area contributed by atoms with Crippen LogP contribution in [-0.4, -0.2) is 65.7 Å². The first kappa shape index (κ1) is 16.4. The second-order valence-electron chi connectivity index (χ2n) is 6.40. The van der Waals surface area contributed by atoms with Crippen molar-refractivity contribution in [1.29, 1.82) is 0 Å². The van der Waals surface area contributed by atoms with Gasteiger partial charge >= 0.3 is 6.03 Å². The second-order valence-corrected chi connectivity index (χ2v) is 7.13. The van der Waals surface area contributed by atoms with Crippen molar-refractivity contribution < 1.29 is 9.53 Å². The maximum atomic E-state index is 12.2. The van der Waals surface area contributed by atoms with Crippen molar-refractivity contribution in [2.75, 3.05) is 44.3 Å². The average molecular weight is 339 g/mol. The summed E-state index contributed by atoms with van der Waals surface area (Å²) in [7, 11) is 0. The van der Waals surface area contributed by atoms with Crippen LogP contribution < -0.4 is 10.2 Å². The molecule has 0 saturated carbocycles. The van der Waals surface area contributed by atoms with E-state index in [9.17, 15) is 4.79 Å². The molecule has 2 aliphatic heterocycles. The first-order valence-corrected chi connectivity index (χ1v) is 9.12. The number of piperidine rings is 1. The summed E-state index contributed by atoms with van der Waals surface area (Å²) in [5.41, 5.74) is 0. The minimum Gasteiger partial charge on any atom is -0.378 e. The molecule has 0 bridgehead atoms. The largest absolute Gasteiger partial charge is 0.378 e. The molecule has 2 saturated heterocycles. The maximum Gasteiger partial charge on any atom is 0.317 e. The number of rotatable bonds is 3. The molecule has 0 aliphatic carbocycles. The number of ether oxygens (including phenoxy) is 1. The number of aromatic nitrogens is 2. The van der Waals surface area contributed by atoms with Crippen molar-refractivity contribution in [3.05, 3.63) is 5.82 Å². The Bertz CT molecular complexity index is 522. The highest BCUT2D eigenvalue weighted by Crippen LogP contribution is 2.24. The van der Waals surface area contributed by atoms with Crippen molar-refractivity contribution in [2.24, 2.45) is 0 Å². The monoisotopic (exact) mass is 339 g/mol. The van der Waals surface area contributed by atoms with Gasteiger partial charge in [0, 0.05) is 49.7 Å². The molecule has 0 atom stereocenters. The quantitative estimate of drug-likeness (QED) is 0.907. The molecule has 1 aromatic heterocycles. The third kappa shape index (κ3) is 4.11. The smallest absolute Gasteiger partial charge is 0.317 e. The summed E-state index contributed by atoms with van der Waals surface area (Å²) in [6, 6.07) is 0.295. The highest BCUT2D eigenvalue weighted by Gasteiger charge is 2.25. The molecule has 3 rings (SSSR count). The van der Waals surface area contributed by atoms with E-state index in [-0.39, 0.29) is 12.1 Å². The van der Waals surface area contributed by atoms with Gasteiger partial charge in [-0.1, -0.05) is 13.8 Å². The van der Waals surface area contributed by atoms with Crippen LogP contribution in [0.5, 0.6) is 0 Å². The summed E-state index contributed by atoms with van der Waals surface area (Å²) in [4.78, 5) is 21.0. The Hall–Kier alpha value is -1.41. The molecule has 128 valence electrons. The van der Waals surface area contributed by atoms with Crippen molar-refractivity contribution in [1.82, 2.24) is 19.6 Å². The van der Waals surface area contributed by atoms with Gasteiger partial charge in [-0.25, -0.2) is 9.78 Å². The fourth-order valence-corrected chi connectivity index (χ4v) is 3.70. The van der Waals surface area contributed by atoms with Crippen LogP contribution in [0.1, 0.15) is 38.4 Å². The summed E-state index contributed by atoms with van der Waals surface area (Å²) >= 11 is 1.48. The van der Waals surface area contributed by atoms with Crippen LogP contribution in [0, 0.1) is 0 Å². The third-order valence-corrected chi connectivity index (χ3v) is 5.13. The molecule has 8 heteroatoms. The van der Waals surface area contributed by atoms with Crippen molar-refractivity contribution >= 4 is 22.7 Å². The molecule has 2 aliphatic rings. The van der Waals surface area contributed by atoms with E-state index >= 15 is 0 Å². The normalized spacial score (nSPS) is 20.1. The Morgan fingerprint density at radius 1 is 1.26 bits per heavy atom. The van der Waals surface area contributed by atoms with E-state index in [1.165, 1.54) is 11.5 Å². The molecule has 2 amide bonds. The van der Waals surface area contributed by atoms with E-state index in [0.717, 1.165) is 36.9 Å². The number of amides is 2. The first-order valence-electron chi connectivity index (χ1n) is 8.35. The van der Waals surface area contributed by atoms with E-state index in [4.69, 9.17) is 4.74 Å². The highest BCUT2D eigenvalue weighted by atomic mass is 32.1. The van der Waals surface area contributed by atoms with Crippen LogP contribution in [0.25, 0.3) is 0 Å². The Morgan fingerprint density at radius 3 is 2.57 bits per heavy atom. The van der Waals surface area contributed by atoms with Crippen molar-refractivity contribution in [2.45, 2.75) is 38.6 Å². The lowest BCUT2D eigenvalue weighted by atomic mass is 10.1. The van der Waals surface area contributed by atoms with Gasteiger partial charge in [-0.3, -0.25) is 0 Å². The Labute approximate surface area is 141 Å². The van der Waals surface area contributed by atoms with Gasteiger partial charge in [0.05, 0.1) is 13.2 Å². The fourth-order valence-electron chi connectivity index (χ4n) is 2.84. The van der Waals surface area contributed by atoms with E-state index < -0.39 is 0 Å². The molecule has 7 nitrogen and oxygen atoms in total. The molecule has 0 unspecified atom stereocenters. The van der Waals surface area contributed by atoms with Gasteiger partial charge in [0.1, 0.15) is 5.82 Å². The number of nitrogens with zero attached hydrogens (tertiary/aromatic N) is 4. The molecule has 2 fully saturated rings. The van der Waals surface area contributed by atoms with Gasteiger partial charge < -0.3 is 19.9 Å². The number of urea groups is 1. The highest BCUT2D eigenvalue weighted by molar-refractivity contribution is 7.09. The van der Waals surface area contributed by atoms with Gasteiger partial charge in [0.2, 0.25) is 5.13 Å². The number of carbonyl (C=O) groups is 1. The van der Waals surface area contributed by atoms with E-state index in [0.29, 0.717) is 32.2 Å². The molecule has 1 aromatic rings. The standard InChI is InChI=1S/C15H25N5O2S/c1-11(2)13-17-15(23-18-13)20-5-3-12(4-6-20)16-14(21)19-7-9-22-10-8-19/h11-12H,3-10H2,1-2H3,(H,16,21). The fraction of sp³-hybridized carbons (Fsp3) is 0.800. The summed E-state index contributed by atoms with van der Waals surface area (Å²) in [5, 5.41) is 4.16. The zero-order chi connectivity index (χ0) is 16.2. The molecule has 1 N–H and O–H groups in total. The predicted octanol–water partition coefficient (Wildman–Crippen LogP) is 1.67. The first-order chi connectivity index (χ1) is 11.1. The Morgan fingerprint density at radius 2 is 1.96 bits per heavy atom. The van der Waals surface area contributed by atoms with Crippen LogP contribution in [0.3, 0.4) is 0 Å². The van der Waals surface area contributed by atoms with E-state index in [2.05, 4.69) is 33.4 Å². The molecular formula is C15H25N5O2S. The minimum absolute atomic E-state index is 0.0461. The molecule has 3 heterocycles. The average Bonchev–Trinajstić information content (AvgIpc) is 3.07. The molecule has 0 spiro atoms. The summed E-state index contributed by atoms with van der Waals surface area (Å²) in [6.45, 7) is 8.71. The van der Waals surface area contributed by atoms with Gasteiger partial charge in [-0.2, -0.15) is 4.37 Å². The van der Waals surface area contributed by atoms with Gasteiger partial charge in [0.15, 0.2) is 0 Å². The zero-order valence-corrected chi connectivity index (χ0v) is 14.6. The molecule has 0 radical (unpaired) electrons. The van der Waals surface area contributed by atoms with Crippen molar-refractivity contribution in [3.63, 3.8) is 0 Å². The van der Waals surface area contributed by atoms with Gasteiger partial charge in [0.25, 0.3) is 0 Å². The summed E-state index contributed by atoms with van der Waals surface area (Å²) < 4.78 is 9.70. The number of hydrogen-bond donors (Lipinski definition) is 1. The molecule has 0 aromatic carbocycles. The van der Waals surface area contributed by atoms with Crippen molar-refractivity contribution in [3.8, 4) is 0 Å². The van der Waals surface area contributed by atoms with Crippen LogP contribution in [0.15, 0.2) is 0 Å². The summed E-state index contributed by atoms with van der Waals surface area (Å²) in [6.07, 6.45) is 1.90. The van der Waals surface area contributed by atoms with Crippen LogP contribution in [0.4, 0.5) is 9.93 Å². The third-order valence-electron chi connectivity index (χ3n) is 4.34. The SMILES string of the molecule is CC(C)c1nsc(N2CCC(NC(=O)N3CCOCC3)CC2)n1. The van der Waals surface area contributed by atoms with Crippen LogP contribution in [-0.2, 0) is 4.74 Å². The second kappa shape index (κ2) is 7.44. The number of morpholine rings is 1. The van der Waals surface area contributed by atoms with Gasteiger partial charge in [-0.15, -0.1) is 0 Å². The topological polar surface area (TPSA) is 70.6 Å². The van der Waals surface area contributed by atoms with Crippen LogP contribution in [0.2, 0.25) is 0 Å². The lowest BCUT2D eigenvalue weighted by Crippen LogP contribution is -2.51. The Kier molecular flexibility index (Phi) is 5.32. The number of carbonyl (C=O) groups excluding carboxylic acids is 1. The molecular weight excluding hydrogens is 314 g/mol. The number of nitrogens with one attached hydrogen (secondary N) is 1. The van der Waals surface area contributed by atoms with E-state index in [1.54, 1.807) is 0 Å². The summed E-state index contributed by atoms with van der Waals surface area (Å²) in [5.74, 6) is 1.29. The van der Waals surface area contributed by atoms with Crippen LogP contribution >= 0.6 is 11.5 Å². The minimum atomic E-state index is 0.0461. The molecule has 23 heavy (non-hydrogen) atoms. The lowest BCUT2D eigenvalue weighted by molar-refractivity contribution is 0.0523. The van der Waals surface area contributed by atoms with Gasteiger partial charge in [-0.05, 0) is 12.8 Å². The van der Waals surface area contributed by atoms with E-state index in [1.807, 2.05) is 4.90 Å². The Balaban J connectivity index is 1.47. The number of hydrogen-bond acceptors (Lipinski definition) is 6. The predicted molar refractivity (Wildman–Crippen MR) is 90.2 cm³/mol. The zero-order valence-electron chi connectivity index (χ0n) is 13.8.